The minimum atomic E-state index is 0.0869. The Balaban J connectivity index is 1.77. The molecule has 2 aromatic heterocycles. The smallest absolute Gasteiger partial charge is 0.253 e. The molecule has 0 saturated carbocycles. The number of aromatic nitrogens is 4. The van der Waals surface area contributed by atoms with Crippen LogP contribution in [0.4, 0.5) is 0 Å². The van der Waals surface area contributed by atoms with E-state index in [-0.39, 0.29) is 17.5 Å². The average Bonchev–Trinajstić information content (AvgIpc) is 3.03. The highest BCUT2D eigenvalue weighted by atomic mass is 32.2. The molecule has 0 amide bonds. The third-order valence-electron chi connectivity index (χ3n) is 4.40. The summed E-state index contributed by atoms with van der Waals surface area (Å²) in [6.45, 7) is 2.06. The highest BCUT2D eigenvalue weighted by Gasteiger charge is 2.29. The molecule has 4 rings (SSSR count). The summed E-state index contributed by atoms with van der Waals surface area (Å²) < 4.78 is 1.66. The molecule has 3 aromatic rings. The van der Waals surface area contributed by atoms with Crippen LogP contribution < -0.4 is 0 Å². The molecular weight excluding hydrogens is 334 g/mol. The van der Waals surface area contributed by atoms with Gasteiger partial charge in [0, 0.05) is 12.6 Å². The number of fused-ring (bicyclic) bond motifs is 3. The van der Waals surface area contributed by atoms with Crippen molar-refractivity contribution in [2.24, 2.45) is 0 Å². The molecule has 1 aliphatic carbocycles. The van der Waals surface area contributed by atoms with Gasteiger partial charge in [0.1, 0.15) is 0 Å². The van der Waals surface area contributed by atoms with E-state index < -0.39 is 0 Å². The van der Waals surface area contributed by atoms with Crippen molar-refractivity contribution in [3.8, 4) is 6.07 Å². The van der Waals surface area contributed by atoms with E-state index in [0.29, 0.717) is 22.9 Å². The average molecular weight is 349 g/mol. The number of Topliss-reactive ketones (excluding diaryl/α,β-unsaturated/α-hetero) is 1. The van der Waals surface area contributed by atoms with Crippen molar-refractivity contribution < 1.29 is 4.79 Å². The fourth-order valence-corrected chi connectivity index (χ4v) is 3.73. The molecule has 0 N–H and O–H groups in total. The van der Waals surface area contributed by atoms with Crippen molar-refractivity contribution in [3.63, 3.8) is 0 Å². The van der Waals surface area contributed by atoms with Crippen molar-refractivity contribution in [3.05, 3.63) is 52.8 Å². The highest BCUT2D eigenvalue weighted by Crippen LogP contribution is 2.33. The van der Waals surface area contributed by atoms with Crippen LogP contribution in [0.15, 0.2) is 35.6 Å². The molecule has 1 aliphatic rings. The lowest BCUT2D eigenvalue weighted by Gasteiger charge is -2.24. The van der Waals surface area contributed by atoms with Crippen LogP contribution in [0.3, 0.4) is 0 Å². The summed E-state index contributed by atoms with van der Waals surface area (Å²) in [5, 5.41) is 13.7. The number of aryl methyl sites for hydroxylation is 1. The van der Waals surface area contributed by atoms with E-state index in [1.165, 1.54) is 22.9 Å². The molecule has 1 atom stereocenters. The summed E-state index contributed by atoms with van der Waals surface area (Å²) in [6.07, 6.45) is 2.80. The quantitative estimate of drug-likeness (QED) is 0.676. The molecule has 0 saturated heterocycles. The van der Waals surface area contributed by atoms with Crippen molar-refractivity contribution >= 4 is 23.3 Å². The Hall–Kier alpha value is -2.72. The summed E-state index contributed by atoms with van der Waals surface area (Å²) in [4.78, 5) is 21.2. The Kier molecular flexibility index (Phi) is 3.98. The second-order valence-electron chi connectivity index (χ2n) is 6.11. The summed E-state index contributed by atoms with van der Waals surface area (Å²) in [7, 11) is 0. The Bertz CT molecular complexity index is 1020. The first-order valence-corrected chi connectivity index (χ1v) is 8.98. The Morgan fingerprint density at radius 2 is 2.28 bits per heavy atom. The summed E-state index contributed by atoms with van der Waals surface area (Å²) in [6, 6.07) is 10.4. The van der Waals surface area contributed by atoms with Crippen LogP contribution in [0.1, 0.15) is 39.5 Å². The van der Waals surface area contributed by atoms with E-state index in [9.17, 15) is 4.79 Å². The first kappa shape index (κ1) is 15.8. The fraction of sp³-hybridized carbons (Fsp3) is 0.278. The zero-order chi connectivity index (χ0) is 17.4. The SMILES string of the molecule is Cc1cccc(C2CC(=O)c3cnc4nc(SCC#N)nn4c3C2)c1. The molecular formula is C18H15N5OS. The van der Waals surface area contributed by atoms with Crippen LogP contribution in [0.5, 0.6) is 0 Å². The number of benzene rings is 1. The van der Waals surface area contributed by atoms with Crippen LogP contribution in [0, 0.1) is 18.3 Å². The van der Waals surface area contributed by atoms with Crippen molar-refractivity contribution in [1.82, 2.24) is 19.6 Å². The maximum absolute atomic E-state index is 12.6. The molecule has 25 heavy (non-hydrogen) atoms. The van der Waals surface area contributed by atoms with E-state index >= 15 is 0 Å². The minimum absolute atomic E-state index is 0.0869. The molecule has 1 aromatic carbocycles. The molecule has 0 radical (unpaired) electrons. The number of ketones is 1. The van der Waals surface area contributed by atoms with Crippen LogP contribution in [-0.2, 0) is 6.42 Å². The van der Waals surface area contributed by atoms with Gasteiger partial charge in [-0.05, 0) is 24.8 Å². The number of hydrogen-bond donors (Lipinski definition) is 0. The van der Waals surface area contributed by atoms with Crippen LogP contribution >= 0.6 is 11.8 Å². The summed E-state index contributed by atoms with van der Waals surface area (Å²) >= 11 is 1.27. The van der Waals surface area contributed by atoms with Gasteiger partial charge < -0.3 is 0 Å². The lowest BCUT2D eigenvalue weighted by atomic mass is 9.82. The third kappa shape index (κ3) is 2.89. The second kappa shape index (κ2) is 6.30. The number of carbonyl (C=O) groups excluding carboxylic acids is 1. The lowest BCUT2D eigenvalue weighted by Crippen LogP contribution is -2.22. The zero-order valence-electron chi connectivity index (χ0n) is 13.6. The van der Waals surface area contributed by atoms with Gasteiger partial charge in [-0.3, -0.25) is 4.79 Å². The molecule has 0 aliphatic heterocycles. The van der Waals surface area contributed by atoms with E-state index in [1.807, 2.05) is 6.07 Å². The first-order chi connectivity index (χ1) is 12.2. The molecule has 6 nitrogen and oxygen atoms in total. The lowest BCUT2D eigenvalue weighted by molar-refractivity contribution is 0.0962. The van der Waals surface area contributed by atoms with Crippen molar-refractivity contribution in [1.29, 1.82) is 5.26 Å². The van der Waals surface area contributed by atoms with Gasteiger partial charge in [0.05, 0.1) is 23.1 Å². The van der Waals surface area contributed by atoms with Gasteiger partial charge in [0.15, 0.2) is 5.78 Å². The topological polar surface area (TPSA) is 83.9 Å². The molecule has 0 bridgehead atoms. The predicted octanol–water partition coefficient (Wildman–Crippen LogP) is 2.96. The van der Waals surface area contributed by atoms with Gasteiger partial charge in [0.25, 0.3) is 5.78 Å². The van der Waals surface area contributed by atoms with Crippen LogP contribution in [0.2, 0.25) is 0 Å². The number of hydrogen-bond acceptors (Lipinski definition) is 6. The Morgan fingerprint density at radius 3 is 3.08 bits per heavy atom. The standard InChI is InChI=1S/C18H15N5OS/c1-11-3-2-4-12(7-11)13-8-15-14(16(24)9-13)10-20-17-21-18(22-23(15)17)25-6-5-19/h2-4,7,10,13H,6,8-9H2,1H3. The molecule has 124 valence electrons. The Morgan fingerprint density at radius 1 is 1.40 bits per heavy atom. The molecule has 0 spiro atoms. The van der Waals surface area contributed by atoms with E-state index in [1.54, 1.807) is 10.7 Å². The van der Waals surface area contributed by atoms with Gasteiger partial charge in [-0.1, -0.05) is 41.6 Å². The molecule has 0 fully saturated rings. The predicted molar refractivity (Wildman–Crippen MR) is 93.7 cm³/mol. The van der Waals surface area contributed by atoms with E-state index in [2.05, 4.69) is 46.3 Å². The highest BCUT2D eigenvalue weighted by molar-refractivity contribution is 7.99. The van der Waals surface area contributed by atoms with Crippen molar-refractivity contribution in [2.75, 3.05) is 5.75 Å². The van der Waals surface area contributed by atoms with E-state index in [4.69, 9.17) is 5.26 Å². The first-order valence-electron chi connectivity index (χ1n) is 8.00. The Labute approximate surface area is 148 Å². The third-order valence-corrected chi connectivity index (χ3v) is 5.10. The number of thioether (sulfide) groups is 1. The minimum Gasteiger partial charge on any atom is -0.294 e. The molecule has 1 unspecified atom stereocenters. The van der Waals surface area contributed by atoms with Gasteiger partial charge in [-0.25, -0.2) is 4.98 Å². The monoisotopic (exact) mass is 349 g/mol. The molecule has 2 heterocycles. The maximum atomic E-state index is 12.6. The summed E-state index contributed by atoms with van der Waals surface area (Å²) in [5.41, 5.74) is 3.83. The number of nitrogens with zero attached hydrogens (tertiary/aromatic N) is 5. The van der Waals surface area contributed by atoms with Gasteiger partial charge in [-0.15, -0.1) is 5.10 Å². The number of rotatable bonds is 3. The molecule has 7 heteroatoms. The second-order valence-corrected chi connectivity index (χ2v) is 7.06. The normalized spacial score (nSPS) is 16.6. The van der Waals surface area contributed by atoms with Crippen LogP contribution in [0.25, 0.3) is 5.78 Å². The van der Waals surface area contributed by atoms with Gasteiger partial charge in [0.2, 0.25) is 5.16 Å². The van der Waals surface area contributed by atoms with E-state index in [0.717, 1.165) is 12.1 Å². The van der Waals surface area contributed by atoms with Gasteiger partial charge >= 0.3 is 0 Å². The largest absolute Gasteiger partial charge is 0.294 e. The van der Waals surface area contributed by atoms with Crippen molar-refractivity contribution in [2.45, 2.75) is 30.8 Å². The summed E-state index contributed by atoms with van der Waals surface area (Å²) in [5.74, 6) is 0.967. The number of carbonyl (C=O) groups is 1. The number of nitriles is 1. The maximum Gasteiger partial charge on any atom is 0.253 e. The zero-order valence-corrected chi connectivity index (χ0v) is 14.5. The fourth-order valence-electron chi connectivity index (χ4n) is 3.25. The van der Waals surface area contributed by atoms with Crippen LogP contribution in [-0.4, -0.2) is 31.1 Å². The van der Waals surface area contributed by atoms with Gasteiger partial charge in [-0.2, -0.15) is 14.8 Å².